The first-order valence-corrected chi connectivity index (χ1v) is 5.46. The molecule has 0 amide bonds. The number of hydrogen-bond donors (Lipinski definition) is 0. The third-order valence-corrected chi connectivity index (χ3v) is 3.14. The van der Waals surface area contributed by atoms with E-state index in [0.717, 1.165) is 17.7 Å². The van der Waals surface area contributed by atoms with E-state index in [4.69, 9.17) is 5.26 Å². The number of Topliss-reactive ketones (excluding diaryl/α,β-unsaturated/α-hetero) is 1. The Hall–Kier alpha value is -1.82. The van der Waals surface area contributed by atoms with Crippen LogP contribution in [0.15, 0.2) is 24.3 Å². The Morgan fingerprint density at radius 1 is 1.50 bits per heavy atom. The van der Waals surface area contributed by atoms with Gasteiger partial charge in [-0.2, -0.15) is 5.26 Å². The summed E-state index contributed by atoms with van der Waals surface area (Å²) in [5.74, 6) is 0.191. The minimum absolute atomic E-state index is 0.169. The van der Waals surface area contributed by atoms with Crippen molar-refractivity contribution < 1.29 is 4.79 Å². The Bertz CT molecular complexity index is 447. The monoisotopic (exact) mass is 214 g/mol. The van der Waals surface area contributed by atoms with Crippen molar-refractivity contribution >= 4 is 11.5 Å². The Labute approximate surface area is 95.3 Å². The molecule has 0 aliphatic carbocycles. The van der Waals surface area contributed by atoms with Crippen molar-refractivity contribution in [2.75, 3.05) is 11.9 Å². The summed E-state index contributed by atoms with van der Waals surface area (Å²) in [7, 11) is 1.99. The van der Waals surface area contributed by atoms with Crippen molar-refractivity contribution in [3.05, 3.63) is 29.8 Å². The van der Waals surface area contributed by atoms with Crippen molar-refractivity contribution in [1.29, 1.82) is 5.26 Å². The molecule has 0 fully saturated rings. The lowest BCUT2D eigenvalue weighted by atomic mass is 9.93. The standard InChI is InChI=1S/C13H14N2O/c1-15-10(5-4-8-14)9-13(16)11-6-2-3-7-12(11)15/h2-3,6-7,10H,4-5,9H2,1H3. The van der Waals surface area contributed by atoms with Crippen LogP contribution in [0.1, 0.15) is 29.6 Å². The van der Waals surface area contributed by atoms with Crippen LogP contribution in [0.5, 0.6) is 0 Å². The van der Waals surface area contributed by atoms with Crippen molar-refractivity contribution in [2.24, 2.45) is 0 Å². The molecule has 0 spiro atoms. The maximum Gasteiger partial charge on any atom is 0.167 e. The molecular formula is C13H14N2O. The zero-order chi connectivity index (χ0) is 11.5. The fraction of sp³-hybridized carbons (Fsp3) is 0.385. The molecule has 1 heterocycles. The summed E-state index contributed by atoms with van der Waals surface area (Å²) in [6.45, 7) is 0. The molecule has 1 atom stereocenters. The maximum absolute atomic E-state index is 11.9. The van der Waals surface area contributed by atoms with Gasteiger partial charge < -0.3 is 4.90 Å². The summed E-state index contributed by atoms with van der Waals surface area (Å²) >= 11 is 0. The van der Waals surface area contributed by atoms with Gasteiger partial charge in [0.2, 0.25) is 0 Å². The van der Waals surface area contributed by atoms with Crippen LogP contribution in [0.4, 0.5) is 5.69 Å². The topological polar surface area (TPSA) is 44.1 Å². The van der Waals surface area contributed by atoms with E-state index in [0.29, 0.717) is 12.8 Å². The number of rotatable bonds is 2. The summed E-state index contributed by atoms with van der Waals surface area (Å²) in [5, 5.41) is 8.59. The number of carbonyl (C=O) groups is 1. The Morgan fingerprint density at radius 2 is 2.25 bits per heavy atom. The molecule has 0 radical (unpaired) electrons. The van der Waals surface area contributed by atoms with Gasteiger partial charge in [0.1, 0.15) is 0 Å². The Morgan fingerprint density at radius 3 is 3.00 bits per heavy atom. The highest BCUT2D eigenvalue weighted by atomic mass is 16.1. The van der Waals surface area contributed by atoms with Gasteiger partial charge in [0.05, 0.1) is 6.07 Å². The molecule has 0 aromatic heterocycles. The van der Waals surface area contributed by atoms with Gasteiger partial charge in [0, 0.05) is 37.2 Å². The Kier molecular flexibility index (Phi) is 2.91. The number of fused-ring (bicyclic) bond motifs is 1. The third-order valence-electron chi connectivity index (χ3n) is 3.14. The molecule has 0 saturated carbocycles. The van der Waals surface area contributed by atoms with E-state index in [1.165, 1.54) is 0 Å². The summed E-state index contributed by atoms with van der Waals surface area (Å²) in [5.41, 5.74) is 1.79. The number of hydrogen-bond acceptors (Lipinski definition) is 3. The quantitative estimate of drug-likeness (QED) is 0.759. The lowest BCUT2D eigenvalue weighted by Crippen LogP contribution is -2.38. The van der Waals surface area contributed by atoms with Crippen molar-refractivity contribution in [1.82, 2.24) is 0 Å². The van der Waals surface area contributed by atoms with Gasteiger partial charge in [0.25, 0.3) is 0 Å². The number of carbonyl (C=O) groups excluding carboxylic acids is 1. The molecule has 3 heteroatoms. The molecule has 1 aliphatic heterocycles. The minimum Gasteiger partial charge on any atom is -0.371 e. The van der Waals surface area contributed by atoms with Gasteiger partial charge >= 0.3 is 0 Å². The number of nitrogens with zero attached hydrogens (tertiary/aromatic N) is 2. The number of ketones is 1. The minimum atomic E-state index is 0.169. The number of para-hydroxylation sites is 1. The van der Waals surface area contributed by atoms with Crippen LogP contribution in [-0.2, 0) is 0 Å². The lowest BCUT2D eigenvalue weighted by molar-refractivity contribution is 0.0966. The number of benzene rings is 1. The second-order valence-electron chi connectivity index (χ2n) is 4.11. The van der Waals surface area contributed by atoms with Crippen LogP contribution < -0.4 is 4.90 Å². The predicted octanol–water partition coefficient (Wildman–Crippen LogP) is 2.38. The molecule has 1 aromatic carbocycles. The molecule has 0 saturated heterocycles. The van der Waals surface area contributed by atoms with Crippen LogP contribution in [0.3, 0.4) is 0 Å². The highest BCUT2D eigenvalue weighted by Gasteiger charge is 2.28. The van der Waals surface area contributed by atoms with Gasteiger partial charge in [-0.15, -0.1) is 0 Å². The summed E-state index contributed by atoms with van der Waals surface area (Å²) in [4.78, 5) is 14.0. The van der Waals surface area contributed by atoms with E-state index < -0.39 is 0 Å². The SMILES string of the molecule is CN1c2ccccc2C(=O)CC1CCC#N. The van der Waals surface area contributed by atoms with Gasteiger partial charge in [-0.1, -0.05) is 12.1 Å². The smallest absolute Gasteiger partial charge is 0.167 e. The molecule has 2 rings (SSSR count). The first kappa shape index (κ1) is 10.7. The first-order valence-electron chi connectivity index (χ1n) is 5.46. The van der Waals surface area contributed by atoms with E-state index in [1.54, 1.807) is 0 Å². The largest absolute Gasteiger partial charge is 0.371 e. The molecular weight excluding hydrogens is 200 g/mol. The third kappa shape index (κ3) is 1.79. The maximum atomic E-state index is 11.9. The van der Waals surface area contributed by atoms with Crippen LogP contribution in [0.25, 0.3) is 0 Å². The van der Waals surface area contributed by atoms with E-state index in [1.807, 2.05) is 31.3 Å². The molecule has 3 nitrogen and oxygen atoms in total. The average Bonchev–Trinajstić information content (AvgIpc) is 2.32. The molecule has 1 aliphatic rings. The normalized spacial score (nSPS) is 19.1. The second-order valence-corrected chi connectivity index (χ2v) is 4.11. The molecule has 1 aromatic rings. The Balaban J connectivity index is 2.28. The zero-order valence-electron chi connectivity index (χ0n) is 9.31. The van der Waals surface area contributed by atoms with E-state index >= 15 is 0 Å². The predicted molar refractivity (Wildman–Crippen MR) is 62.4 cm³/mol. The van der Waals surface area contributed by atoms with Crippen molar-refractivity contribution in [3.63, 3.8) is 0 Å². The first-order chi connectivity index (χ1) is 7.74. The molecule has 0 N–H and O–H groups in total. The summed E-state index contributed by atoms with van der Waals surface area (Å²) < 4.78 is 0. The van der Waals surface area contributed by atoms with E-state index in [2.05, 4.69) is 11.0 Å². The van der Waals surface area contributed by atoms with E-state index in [-0.39, 0.29) is 11.8 Å². The van der Waals surface area contributed by atoms with E-state index in [9.17, 15) is 4.79 Å². The number of anilines is 1. The van der Waals surface area contributed by atoms with Gasteiger partial charge in [-0.3, -0.25) is 4.79 Å². The molecule has 16 heavy (non-hydrogen) atoms. The van der Waals surface area contributed by atoms with Crippen molar-refractivity contribution in [3.8, 4) is 6.07 Å². The fourth-order valence-electron chi connectivity index (χ4n) is 2.20. The number of nitriles is 1. The highest BCUT2D eigenvalue weighted by Crippen LogP contribution is 2.30. The van der Waals surface area contributed by atoms with Crippen molar-refractivity contribution in [2.45, 2.75) is 25.3 Å². The molecule has 0 bridgehead atoms. The van der Waals surface area contributed by atoms with Gasteiger partial charge in [-0.25, -0.2) is 0 Å². The van der Waals surface area contributed by atoms with Crippen LogP contribution >= 0.6 is 0 Å². The van der Waals surface area contributed by atoms with Crippen LogP contribution in [0, 0.1) is 11.3 Å². The van der Waals surface area contributed by atoms with Crippen LogP contribution in [0.2, 0.25) is 0 Å². The fourth-order valence-corrected chi connectivity index (χ4v) is 2.20. The second kappa shape index (κ2) is 4.36. The lowest BCUT2D eigenvalue weighted by Gasteiger charge is -2.34. The average molecular weight is 214 g/mol. The highest BCUT2D eigenvalue weighted by molar-refractivity contribution is 6.03. The summed E-state index contributed by atoms with van der Waals surface area (Å²) in [6, 6.07) is 9.97. The van der Waals surface area contributed by atoms with Crippen LogP contribution in [-0.4, -0.2) is 18.9 Å². The van der Waals surface area contributed by atoms with Gasteiger partial charge in [0.15, 0.2) is 5.78 Å². The zero-order valence-corrected chi connectivity index (χ0v) is 9.31. The van der Waals surface area contributed by atoms with Gasteiger partial charge in [-0.05, 0) is 18.6 Å². The molecule has 82 valence electrons. The summed E-state index contributed by atoms with van der Waals surface area (Å²) in [6.07, 6.45) is 1.78. The molecule has 1 unspecified atom stereocenters.